The van der Waals surface area contributed by atoms with Crippen LogP contribution in [0.3, 0.4) is 0 Å². The molecule has 1 aliphatic heterocycles. The third-order valence-electron chi connectivity index (χ3n) is 3.68. The van der Waals surface area contributed by atoms with Crippen molar-refractivity contribution in [2.75, 3.05) is 23.9 Å². The van der Waals surface area contributed by atoms with Gasteiger partial charge in [-0.3, -0.25) is 9.59 Å². The van der Waals surface area contributed by atoms with E-state index in [1.807, 2.05) is 0 Å². The number of nitrogens with one attached hydrogen (secondary N) is 1. The van der Waals surface area contributed by atoms with Crippen molar-refractivity contribution in [3.63, 3.8) is 0 Å². The molecule has 1 aromatic heterocycles. The van der Waals surface area contributed by atoms with Crippen molar-refractivity contribution in [3.8, 4) is 0 Å². The molecule has 10 heteroatoms. The van der Waals surface area contributed by atoms with Gasteiger partial charge in [0.15, 0.2) is 0 Å². The van der Waals surface area contributed by atoms with Gasteiger partial charge in [-0.15, -0.1) is 10.2 Å². The van der Waals surface area contributed by atoms with Crippen LogP contribution in [-0.4, -0.2) is 35.7 Å². The molecule has 0 spiro atoms. The number of anilines is 2. The van der Waals surface area contributed by atoms with Crippen molar-refractivity contribution in [1.29, 1.82) is 0 Å². The molecule has 3 rings (SSSR count). The first-order valence-corrected chi connectivity index (χ1v) is 8.55. The minimum absolute atomic E-state index is 0.0601. The number of benzene rings is 1. The molecule has 0 radical (unpaired) electrons. The van der Waals surface area contributed by atoms with E-state index in [0.29, 0.717) is 22.4 Å². The summed E-state index contributed by atoms with van der Waals surface area (Å²) in [5.41, 5.74) is 0.463. The normalized spacial score (nSPS) is 17.2. The lowest BCUT2D eigenvalue weighted by atomic mass is 10.1. The highest BCUT2D eigenvalue weighted by molar-refractivity contribution is 7.15. The van der Waals surface area contributed by atoms with E-state index in [1.54, 1.807) is 7.11 Å². The third kappa shape index (κ3) is 3.94. The van der Waals surface area contributed by atoms with Crippen LogP contribution in [0.2, 0.25) is 5.02 Å². The summed E-state index contributed by atoms with van der Waals surface area (Å²) in [5, 5.41) is 11.3. The smallest absolute Gasteiger partial charge is 0.231 e. The van der Waals surface area contributed by atoms with Gasteiger partial charge < -0.3 is 15.0 Å². The van der Waals surface area contributed by atoms with E-state index in [-0.39, 0.29) is 29.8 Å². The lowest BCUT2D eigenvalue weighted by Crippen LogP contribution is -2.28. The van der Waals surface area contributed by atoms with Crippen molar-refractivity contribution in [2.24, 2.45) is 5.92 Å². The monoisotopic (exact) mass is 384 g/mol. The quantitative estimate of drug-likeness (QED) is 0.856. The number of carbonyl (C=O) groups excluding carboxylic acids is 2. The van der Waals surface area contributed by atoms with Gasteiger partial charge in [-0.2, -0.15) is 0 Å². The molecular formula is C15H14ClFN4O3S. The molecule has 1 aliphatic rings. The first-order valence-electron chi connectivity index (χ1n) is 7.35. The van der Waals surface area contributed by atoms with E-state index in [1.165, 1.54) is 34.4 Å². The van der Waals surface area contributed by atoms with E-state index >= 15 is 0 Å². The van der Waals surface area contributed by atoms with Crippen molar-refractivity contribution >= 4 is 45.6 Å². The summed E-state index contributed by atoms with van der Waals surface area (Å²) in [7, 11) is 1.54. The Balaban J connectivity index is 1.66. The molecular weight excluding hydrogens is 371 g/mol. The Morgan fingerprint density at radius 2 is 2.32 bits per heavy atom. The van der Waals surface area contributed by atoms with Crippen LogP contribution < -0.4 is 10.2 Å². The Morgan fingerprint density at radius 3 is 3.04 bits per heavy atom. The molecule has 2 heterocycles. The first-order chi connectivity index (χ1) is 12.0. The van der Waals surface area contributed by atoms with Gasteiger partial charge in [0, 0.05) is 25.8 Å². The second-order valence-corrected chi connectivity index (χ2v) is 6.90. The van der Waals surface area contributed by atoms with E-state index in [0.717, 1.165) is 0 Å². The fraction of sp³-hybridized carbons (Fsp3) is 0.333. The number of carbonyl (C=O) groups is 2. The summed E-state index contributed by atoms with van der Waals surface area (Å²) in [6.07, 6.45) is 0.0601. The number of hydrogen-bond donors (Lipinski definition) is 1. The molecule has 2 amide bonds. The molecule has 1 saturated heterocycles. The topological polar surface area (TPSA) is 84.4 Å². The second-order valence-electron chi connectivity index (χ2n) is 5.43. The van der Waals surface area contributed by atoms with Crippen LogP contribution in [0.25, 0.3) is 0 Å². The molecule has 132 valence electrons. The molecule has 0 aliphatic carbocycles. The number of amides is 2. The maximum atomic E-state index is 13.3. The standard InChI is InChI=1S/C15H14ClFN4O3S/c1-24-7-12-19-20-15(25-12)18-14(23)8-4-13(22)21(6-8)9-2-3-11(17)10(16)5-9/h2-3,5,8H,4,6-7H2,1H3,(H,18,20,23)/t8-/m1/s1. The molecule has 1 N–H and O–H groups in total. The van der Waals surface area contributed by atoms with E-state index in [9.17, 15) is 14.0 Å². The highest BCUT2D eigenvalue weighted by Crippen LogP contribution is 2.29. The van der Waals surface area contributed by atoms with Crippen molar-refractivity contribution in [3.05, 3.63) is 34.0 Å². The third-order valence-corrected chi connectivity index (χ3v) is 4.78. The van der Waals surface area contributed by atoms with Gasteiger partial charge in [0.1, 0.15) is 17.4 Å². The number of aromatic nitrogens is 2. The van der Waals surface area contributed by atoms with Crippen molar-refractivity contribution in [1.82, 2.24) is 10.2 Å². The van der Waals surface area contributed by atoms with Crippen LogP contribution in [-0.2, 0) is 20.9 Å². The van der Waals surface area contributed by atoms with Gasteiger partial charge in [0.25, 0.3) is 0 Å². The van der Waals surface area contributed by atoms with Gasteiger partial charge in [0.05, 0.1) is 10.9 Å². The Labute approximate surface area is 151 Å². The largest absolute Gasteiger partial charge is 0.377 e. The fourth-order valence-corrected chi connectivity index (χ4v) is 3.37. The minimum atomic E-state index is -0.561. The SMILES string of the molecule is COCc1nnc(NC(=O)[C@@H]2CC(=O)N(c3ccc(F)c(Cl)c3)C2)s1. The predicted octanol–water partition coefficient (Wildman–Crippen LogP) is 2.47. The van der Waals surface area contributed by atoms with Crippen LogP contribution in [0.5, 0.6) is 0 Å². The maximum Gasteiger partial charge on any atom is 0.231 e. The number of hydrogen-bond acceptors (Lipinski definition) is 6. The van der Waals surface area contributed by atoms with E-state index in [4.69, 9.17) is 16.3 Å². The molecule has 1 atom stereocenters. The molecule has 1 fully saturated rings. The highest BCUT2D eigenvalue weighted by Gasteiger charge is 2.35. The van der Waals surface area contributed by atoms with E-state index < -0.39 is 11.7 Å². The molecule has 7 nitrogen and oxygen atoms in total. The maximum absolute atomic E-state index is 13.3. The summed E-state index contributed by atoms with van der Waals surface area (Å²) in [6, 6.07) is 4.02. The summed E-state index contributed by atoms with van der Waals surface area (Å²) >= 11 is 6.97. The van der Waals surface area contributed by atoms with Crippen molar-refractivity contribution in [2.45, 2.75) is 13.0 Å². The zero-order valence-corrected chi connectivity index (χ0v) is 14.7. The molecule has 0 unspecified atom stereocenters. The summed E-state index contributed by atoms with van der Waals surface area (Å²) in [5.74, 6) is -1.63. The minimum Gasteiger partial charge on any atom is -0.377 e. The molecule has 2 aromatic rings. The van der Waals surface area contributed by atoms with Crippen LogP contribution in [0, 0.1) is 11.7 Å². The van der Waals surface area contributed by atoms with Crippen LogP contribution >= 0.6 is 22.9 Å². The lowest BCUT2D eigenvalue weighted by Gasteiger charge is -2.17. The van der Waals surface area contributed by atoms with Gasteiger partial charge >= 0.3 is 0 Å². The average molecular weight is 385 g/mol. The van der Waals surface area contributed by atoms with E-state index in [2.05, 4.69) is 15.5 Å². The Bertz CT molecular complexity index is 816. The van der Waals surface area contributed by atoms with Gasteiger partial charge in [0.2, 0.25) is 16.9 Å². The van der Waals surface area contributed by atoms with Crippen LogP contribution in [0.1, 0.15) is 11.4 Å². The van der Waals surface area contributed by atoms with Crippen molar-refractivity contribution < 1.29 is 18.7 Å². The Hall–Kier alpha value is -2.10. The molecule has 1 aromatic carbocycles. The molecule has 25 heavy (non-hydrogen) atoms. The lowest BCUT2D eigenvalue weighted by molar-refractivity contribution is -0.122. The van der Waals surface area contributed by atoms with Gasteiger partial charge in [-0.1, -0.05) is 22.9 Å². The summed E-state index contributed by atoms with van der Waals surface area (Å²) in [6.45, 7) is 0.505. The first kappa shape index (κ1) is 17.7. The number of ether oxygens (including phenoxy) is 1. The highest BCUT2D eigenvalue weighted by atomic mass is 35.5. The Morgan fingerprint density at radius 1 is 1.52 bits per heavy atom. The zero-order chi connectivity index (χ0) is 18.0. The van der Waals surface area contributed by atoms with Gasteiger partial charge in [-0.25, -0.2) is 4.39 Å². The average Bonchev–Trinajstić information content (AvgIpc) is 3.17. The fourth-order valence-electron chi connectivity index (χ4n) is 2.48. The number of rotatable bonds is 5. The van der Waals surface area contributed by atoms with Crippen LogP contribution in [0.4, 0.5) is 15.2 Å². The summed E-state index contributed by atoms with van der Waals surface area (Å²) < 4.78 is 18.2. The number of halogens is 2. The second kappa shape index (κ2) is 7.42. The Kier molecular flexibility index (Phi) is 5.26. The zero-order valence-electron chi connectivity index (χ0n) is 13.2. The molecule has 0 saturated carbocycles. The summed E-state index contributed by atoms with van der Waals surface area (Å²) in [4.78, 5) is 26.0. The number of methoxy groups -OCH3 is 1. The predicted molar refractivity (Wildman–Crippen MR) is 91.1 cm³/mol. The number of nitrogens with zero attached hydrogens (tertiary/aromatic N) is 3. The molecule has 0 bridgehead atoms. The van der Waals surface area contributed by atoms with Gasteiger partial charge in [-0.05, 0) is 18.2 Å². The van der Waals surface area contributed by atoms with Crippen LogP contribution in [0.15, 0.2) is 18.2 Å².